The monoisotopic (exact) mass is 788 g/mol. The normalized spacial score (nSPS) is 13.3. The summed E-state index contributed by atoms with van der Waals surface area (Å²) in [4.78, 5) is 55.3. The number of hydrogen-bond acceptors (Lipinski definition) is 11. The first-order chi connectivity index (χ1) is 25.5. The summed E-state index contributed by atoms with van der Waals surface area (Å²) < 4.78 is 20.7. The van der Waals surface area contributed by atoms with Crippen LogP contribution in [0.5, 0.6) is 0 Å². The Labute approximate surface area is 321 Å². The van der Waals surface area contributed by atoms with Crippen molar-refractivity contribution >= 4 is 69.9 Å². The predicted molar refractivity (Wildman–Crippen MR) is 201 cm³/mol. The summed E-state index contributed by atoms with van der Waals surface area (Å²) >= 11 is 15.0. The number of rotatable bonds is 13. The molecule has 1 aliphatic heterocycles. The number of fused-ring (bicyclic) bond motifs is 2. The summed E-state index contributed by atoms with van der Waals surface area (Å²) in [6.45, 7) is 4.72. The molecule has 5 rings (SSSR count). The summed E-state index contributed by atoms with van der Waals surface area (Å²) in [6.07, 6.45) is 1.26. The molecule has 1 unspecified atom stereocenters. The molecule has 0 spiro atoms. The van der Waals surface area contributed by atoms with Crippen LogP contribution in [-0.4, -0.2) is 84.0 Å². The number of nitrogens with zero attached hydrogens (tertiary/aromatic N) is 1. The zero-order chi connectivity index (χ0) is 38.7. The lowest BCUT2D eigenvalue weighted by Crippen LogP contribution is -2.45. The lowest BCUT2D eigenvalue weighted by molar-refractivity contribution is -0.170. The van der Waals surface area contributed by atoms with Crippen molar-refractivity contribution in [2.45, 2.75) is 57.4 Å². The van der Waals surface area contributed by atoms with Crippen LogP contribution in [0.3, 0.4) is 0 Å². The first kappa shape index (κ1) is 41.5. The number of aliphatic hydroxyl groups excluding tert-OH is 2. The molecule has 2 amide bonds. The van der Waals surface area contributed by atoms with E-state index in [2.05, 4.69) is 5.32 Å². The number of amides is 2. The van der Waals surface area contributed by atoms with Gasteiger partial charge in [-0.15, -0.1) is 11.8 Å². The molecule has 2 atom stereocenters. The van der Waals surface area contributed by atoms with Crippen LogP contribution in [0, 0.1) is 5.92 Å². The largest absolute Gasteiger partial charge is 0.511 e. The summed E-state index contributed by atoms with van der Waals surface area (Å²) in [5, 5.41) is 22.0. The maximum Gasteiger partial charge on any atom is 0.511 e. The molecule has 1 aromatic heterocycles. The maximum atomic E-state index is 13.8. The van der Waals surface area contributed by atoms with Gasteiger partial charge in [0.15, 0.2) is 0 Å². The number of carbonyl (C=O) groups excluding carboxylic acids is 4. The fraction of sp³-hybridized carbons (Fsp3) is 0.368. The van der Waals surface area contributed by atoms with Crippen LogP contribution in [0.4, 0.5) is 4.79 Å². The van der Waals surface area contributed by atoms with E-state index in [9.17, 15) is 19.2 Å². The predicted octanol–water partition coefficient (Wildman–Crippen LogP) is 6.67. The Morgan fingerprint density at radius 2 is 1.77 bits per heavy atom. The molecule has 0 aliphatic carbocycles. The third-order valence-corrected chi connectivity index (χ3v) is 9.72. The van der Waals surface area contributed by atoms with Crippen molar-refractivity contribution in [1.82, 2.24) is 10.2 Å². The van der Waals surface area contributed by atoms with Gasteiger partial charge >= 0.3 is 12.1 Å². The number of thioether (sulfide) groups is 1. The summed E-state index contributed by atoms with van der Waals surface area (Å²) in [5.41, 5.74) is 3.11. The topological polar surface area (TPSA) is 165 Å². The van der Waals surface area contributed by atoms with Gasteiger partial charge in [-0.2, -0.15) is 0 Å². The second-order valence-corrected chi connectivity index (χ2v) is 13.5. The number of nitrogens with one attached hydrogen (secondary N) is 1. The van der Waals surface area contributed by atoms with Crippen LogP contribution in [0.2, 0.25) is 10.0 Å². The number of ether oxygens (including phenoxy) is 3. The Kier molecular flexibility index (Phi) is 15.4. The molecule has 3 aromatic carbocycles. The molecule has 284 valence electrons. The van der Waals surface area contributed by atoms with E-state index >= 15 is 0 Å². The standard InChI is InChI=1S/C36H36Cl2N2O10S.C2H6/c1-20(50-36(46)48-19-22(17-41)18-42)49-35(45)29(13-21-4-3-5-26(12-21)51-2)39-33(43)31-28(37)14-25-16-40(10-8-27(25)32(31)38)34(44)24-7-6-23-9-11-47-30(23)15-24;1-2/h3-7,9,11-12,14-15,20,22,29,41-42H,8,10,13,16-19H2,1-2H3,(H,39,43);1-2H3/t20?,29-;/m0./s1. The number of hydrogen-bond donors (Lipinski definition) is 3. The second kappa shape index (κ2) is 19.7. The lowest BCUT2D eigenvalue weighted by Gasteiger charge is -2.30. The van der Waals surface area contributed by atoms with Gasteiger partial charge in [-0.05, 0) is 65.8 Å². The molecule has 4 aromatic rings. The van der Waals surface area contributed by atoms with Crippen molar-refractivity contribution in [2.24, 2.45) is 5.92 Å². The molecule has 12 nitrogen and oxygen atoms in total. The van der Waals surface area contributed by atoms with E-state index in [0.717, 1.165) is 15.8 Å². The van der Waals surface area contributed by atoms with E-state index in [4.69, 9.17) is 52.0 Å². The average molecular weight is 790 g/mol. The molecule has 53 heavy (non-hydrogen) atoms. The Hall–Kier alpha value is -4.27. The second-order valence-electron chi connectivity index (χ2n) is 11.8. The fourth-order valence-corrected chi connectivity index (χ4v) is 6.80. The zero-order valence-electron chi connectivity index (χ0n) is 29.7. The molecule has 0 saturated carbocycles. The lowest BCUT2D eigenvalue weighted by atomic mass is 9.95. The van der Waals surface area contributed by atoms with Gasteiger partial charge in [0.2, 0.25) is 6.29 Å². The van der Waals surface area contributed by atoms with E-state index in [0.29, 0.717) is 35.2 Å². The molecule has 1 aliphatic rings. The molecule has 0 bridgehead atoms. The third-order valence-electron chi connectivity index (χ3n) is 8.28. The SMILES string of the molecule is CC.CSc1cccc(C[C@H](NC(=O)c2c(Cl)cc3c(c2Cl)CCN(C(=O)c2ccc4ccoc4c2)C3)C(=O)OC(C)OC(=O)OCC(CO)CO)c1. The number of furan rings is 1. The van der Waals surface area contributed by atoms with Crippen molar-refractivity contribution in [3.63, 3.8) is 0 Å². The van der Waals surface area contributed by atoms with Gasteiger partial charge in [0, 0.05) is 48.2 Å². The molecule has 0 saturated heterocycles. The van der Waals surface area contributed by atoms with Gasteiger partial charge in [0.25, 0.3) is 11.8 Å². The molecular weight excluding hydrogens is 747 g/mol. The van der Waals surface area contributed by atoms with Crippen LogP contribution in [0.1, 0.15) is 58.2 Å². The quantitative estimate of drug-likeness (QED) is 0.0753. The summed E-state index contributed by atoms with van der Waals surface area (Å²) in [5.74, 6) is -2.52. The van der Waals surface area contributed by atoms with E-state index in [-0.39, 0.29) is 41.1 Å². The number of carbonyl (C=O) groups is 4. The first-order valence-electron chi connectivity index (χ1n) is 17.0. The van der Waals surface area contributed by atoms with E-state index in [1.807, 2.05) is 50.4 Å². The van der Waals surface area contributed by atoms with Crippen molar-refractivity contribution in [3.05, 3.63) is 98.7 Å². The molecular formula is C38H42Cl2N2O10S. The van der Waals surface area contributed by atoms with Gasteiger partial charge in [-0.1, -0.05) is 55.2 Å². The highest BCUT2D eigenvalue weighted by molar-refractivity contribution is 7.98. The highest BCUT2D eigenvalue weighted by Crippen LogP contribution is 2.35. The molecule has 2 heterocycles. The average Bonchev–Trinajstić information content (AvgIpc) is 3.63. The van der Waals surface area contributed by atoms with Crippen molar-refractivity contribution in [3.8, 4) is 0 Å². The maximum absolute atomic E-state index is 13.8. The number of aliphatic hydroxyl groups is 2. The fourth-order valence-electron chi connectivity index (χ4n) is 5.55. The van der Waals surface area contributed by atoms with Gasteiger partial charge in [-0.25, -0.2) is 9.59 Å². The zero-order valence-corrected chi connectivity index (χ0v) is 32.1. The van der Waals surface area contributed by atoms with E-state index in [1.54, 1.807) is 35.4 Å². The third kappa shape index (κ3) is 10.7. The van der Waals surface area contributed by atoms with Crippen LogP contribution in [0.25, 0.3) is 11.0 Å². The minimum absolute atomic E-state index is 0.0197. The van der Waals surface area contributed by atoms with E-state index < -0.39 is 49.5 Å². The Balaban J connectivity index is 0.00000308. The minimum atomic E-state index is -1.41. The van der Waals surface area contributed by atoms with Crippen molar-refractivity contribution in [2.75, 3.05) is 32.6 Å². The molecule has 15 heteroatoms. The summed E-state index contributed by atoms with van der Waals surface area (Å²) in [7, 11) is 0. The highest BCUT2D eigenvalue weighted by Gasteiger charge is 2.31. The Morgan fingerprint density at radius 1 is 1.02 bits per heavy atom. The van der Waals surface area contributed by atoms with Gasteiger partial charge in [0.05, 0.1) is 35.1 Å². The number of benzene rings is 3. The van der Waals surface area contributed by atoms with Crippen LogP contribution in [-0.2, 0) is 38.4 Å². The van der Waals surface area contributed by atoms with Crippen LogP contribution < -0.4 is 5.32 Å². The number of esters is 1. The van der Waals surface area contributed by atoms with Gasteiger partial charge < -0.3 is 39.1 Å². The van der Waals surface area contributed by atoms with Crippen molar-refractivity contribution in [1.29, 1.82) is 0 Å². The smallest absolute Gasteiger partial charge is 0.464 e. The molecule has 0 fully saturated rings. The van der Waals surface area contributed by atoms with Crippen LogP contribution in [0.15, 0.2) is 70.2 Å². The Morgan fingerprint density at radius 3 is 2.49 bits per heavy atom. The minimum Gasteiger partial charge on any atom is -0.464 e. The van der Waals surface area contributed by atoms with Gasteiger partial charge in [-0.3, -0.25) is 9.59 Å². The first-order valence-corrected chi connectivity index (χ1v) is 18.9. The van der Waals surface area contributed by atoms with Crippen molar-refractivity contribution < 1.29 is 48.0 Å². The van der Waals surface area contributed by atoms with Gasteiger partial charge in [0.1, 0.15) is 18.2 Å². The summed E-state index contributed by atoms with van der Waals surface area (Å²) in [6, 6.07) is 14.8. The molecule has 3 N–H and O–H groups in total. The molecule has 0 radical (unpaired) electrons. The number of halogens is 2. The van der Waals surface area contributed by atoms with Crippen LogP contribution >= 0.6 is 35.0 Å². The Bertz CT molecular complexity index is 1920. The van der Waals surface area contributed by atoms with E-state index in [1.165, 1.54) is 18.7 Å². The highest BCUT2D eigenvalue weighted by atomic mass is 35.5.